The highest BCUT2D eigenvalue weighted by atomic mass is 16.7. The molecule has 0 fully saturated rings. The summed E-state index contributed by atoms with van der Waals surface area (Å²) >= 11 is 0. The molecule has 1 aliphatic rings. The lowest BCUT2D eigenvalue weighted by Gasteiger charge is -2.13. The molecular formula is C15H23NO3. The van der Waals surface area contributed by atoms with E-state index in [4.69, 9.17) is 14.2 Å². The summed E-state index contributed by atoms with van der Waals surface area (Å²) in [5, 5.41) is 3.50. The maximum Gasteiger partial charge on any atom is 0.231 e. The zero-order valence-corrected chi connectivity index (χ0v) is 11.8. The number of ether oxygens (including phenoxy) is 3. The van der Waals surface area contributed by atoms with E-state index in [9.17, 15) is 0 Å². The van der Waals surface area contributed by atoms with Gasteiger partial charge in [0.05, 0.1) is 0 Å². The van der Waals surface area contributed by atoms with Crippen LogP contribution in [0.3, 0.4) is 0 Å². The second-order valence-corrected chi connectivity index (χ2v) is 4.93. The summed E-state index contributed by atoms with van der Waals surface area (Å²) in [5.74, 6) is 1.73. The molecule has 1 aromatic rings. The molecule has 1 aliphatic heterocycles. The highest BCUT2D eigenvalue weighted by Gasteiger charge is 2.13. The van der Waals surface area contributed by atoms with Gasteiger partial charge in [-0.2, -0.15) is 0 Å². The summed E-state index contributed by atoms with van der Waals surface area (Å²) in [7, 11) is 1.74. The van der Waals surface area contributed by atoms with E-state index in [1.54, 1.807) is 7.11 Å². The van der Waals surface area contributed by atoms with Gasteiger partial charge in [-0.1, -0.05) is 6.07 Å². The van der Waals surface area contributed by atoms with Crippen LogP contribution in [0.25, 0.3) is 0 Å². The van der Waals surface area contributed by atoms with Gasteiger partial charge in [0.25, 0.3) is 0 Å². The zero-order chi connectivity index (χ0) is 13.5. The van der Waals surface area contributed by atoms with Crippen molar-refractivity contribution in [3.05, 3.63) is 23.8 Å². The molecule has 0 aromatic heterocycles. The highest BCUT2D eigenvalue weighted by molar-refractivity contribution is 5.44. The Morgan fingerprint density at radius 3 is 3.00 bits per heavy atom. The number of aryl methyl sites for hydroxylation is 1. The average molecular weight is 265 g/mol. The Bertz CT molecular complexity index is 395. The molecule has 1 heterocycles. The van der Waals surface area contributed by atoms with Crippen LogP contribution >= 0.6 is 0 Å². The molecule has 0 saturated carbocycles. The van der Waals surface area contributed by atoms with E-state index in [1.165, 1.54) is 5.56 Å². The van der Waals surface area contributed by atoms with E-state index < -0.39 is 0 Å². The van der Waals surface area contributed by atoms with E-state index >= 15 is 0 Å². The van der Waals surface area contributed by atoms with Crippen LogP contribution in [0.15, 0.2) is 18.2 Å². The minimum atomic E-state index is 0.343. The first-order valence-corrected chi connectivity index (χ1v) is 6.90. The number of benzene rings is 1. The third-order valence-electron chi connectivity index (χ3n) is 3.32. The Kier molecular flexibility index (Phi) is 5.48. The normalized spacial score (nSPS) is 14.6. The topological polar surface area (TPSA) is 39.7 Å². The van der Waals surface area contributed by atoms with Gasteiger partial charge in [0.2, 0.25) is 6.79 Å². The van der Waals surface area contributed by atoms with Crippen LogP contribution in [0, 0.1) is 0 Å². The number of hydrogen-bond acceptors (Lipinski definition) is 4. The monoisotopic (exact) mass is 265 g/mol. The van der Waals surface area contributed by atoms with Gasteiger partial charge in [-0.25, -0.2) is 0 Å². The van der Waals surface area contributed by atoms with Crippen molar-refractivity contribution in [1.29, 1.82) is 0 Å². The van der Waals surface area contributed by atoms with Crippen molar-refractivity contribution < 1.29 is 14.2 Å². The van der Waals surface area contributed by atoms with Crippen molar-refractivity contribution in [2.45, 2.75) is 32.2 Å². The first-order chi connectivity index (χ1) is 9.29. The van der Waals surface area contributed by atoms with Gasteiger partial charge >= 0.3 is 0 Å². The molecule has 2 rings (SSSR count). The van der Waals surface area contributed by atoms with Crippen molar-refractivity contribution in [3.8, 4) is 11.5 Å². The molecule has 4 heteroatoms. The molecule has 1 aromatic carbocycles. The molecule has 1 unspecified atom stereocenters. The molecule has 0 spiro atoms. The lowest BCUT2D eigenvalue weighted by atomic mass is 10.1. The molecular weight excluding hydrogens is 242 g/mol. The summed E-state index contributed by atoms with van der Waals surface area (Å²) < 4.78 is 15.7. The number of hydrogen-bond donors (Lipinski definition) is 1. The van der Waals surface area contributed by atoms with Crippen LogP contribution in [-0.4, -0.2) is 33.1 Å². The second kappa shape index (κ2) is 7.36. The number of nitrogens with one attached hydrogen (secondary N) is 1. The summed E-state index contributed by atoms with van der Waals surface area (Å²) in [6.07, 6.45) is 3.23. The molecule has 0 aliphatic carbocycles. The highest BCUT2D eigenvalue weighted by Crippen LogP contribution is 2.32. The third-order valence-corrected chi connectivity index (χ3v) is 3.32. The number of methoxy groups -OCH3 is 1. The second-order valence-electron chi connectivity index (χ2n) is 4.93. The Morgan fingerprint density at radius 1 is 1.32 bits per heavy atom. The van der Waals surface area contributed by atoms with E-state index in [2.05, 4.69) is 24.4 Å². The molecule has 1 atom stereocenters. The summed E-state index contributed by atoms with van der Waals surface area (Å²) in [6, 6.07) is 6.71. The van der Waals surface area contributed by atoms with Crippen LogP contribution in [0.5, 0.6) is 11.5 Å². The van der Waals surface area contributed by atoms with Crippen molar-refractivity contribution in [2.75, 3.05) is 27.1 Å². The zero-order valence-electron chi connectivity index (χ0n) is 11.8. The largest absolute Gasteiger partial charge is 0.454 e. The van der Waals surface area contributed by atoms with E-state index in [-0.39, 0.29) is 0 Å². The van der Waals surface area contributed by atoms with Crippen molar-refractivity contribution >= 4 is 0 Å². The van der Waals surface area contributed by atoms with Crippen molar-refractivity contribution in [2.24, 2.45) is 0 Å². The van der Waals surface area contributed by atoms with Gasteiger partial charge in [-0.3, -0.25) is 0 Å². The van der Waals surface area contributed by atoms with E-state index in [0.29, 0.717) is 12.8 Å². The average Bonchev–Trinajstić information content (AvgIpc) is 2.89. The van der Waals surface area contributed by atoms with Crippen LogP contribution in [0.1, 0.15) is 25.3 Å². The smallest absolute Gasteiger partial charge is 0.231 e. The Morgan fingerprint density at radius 2 is 2.16 bits per heavy atom. The summed E-state index contributed by atoms with van der Waals surface area (Å²) in [6.45, 7) is 4.40. The number of fused-ring (bicyclic) bond motifs is 1. The van der Waals surface area contributed by atoms with Gasteiger partial charge in [0.15, 0.2) is 11.5 Å². The minimum Gasteiger partial charge on any atom is -0.454 e. The molecule has 0 bridgehead atoms. The first-order valence-electron chi connectivity index (χ1n) is 6.90. The van der Waals surface area contributed by atoms with Gasteiger partial charge in [0.1, 0.15) is 0 Å². The fourth-order valence-electron chi connectivity index (χ4n) is 2.15. The van der Waals surface area contributed by atoms with Crippen LogP contribution in [0.2, 0.25) is 0 Å². The standard InChI is InChI=1S/C15H23NO3/c1-12(16-8-3-9-17-2)4-5-13-6-7-14-15(10-13)19-11-18-14/h6-7,10,12,16H,3-5,8-9,11H2,1-2H3. The van der Waals surface area contributed by atoms with Crippen LogP contribution in [-0.2, 0) is 11.2 Å². The first kappa shape index (κ1) is 14.2. The molecule has 0 amide bonds. The maximum atomic E-state index is 5.39. The Labute approximate surface area is 115 Å². The maximum absolute atomic E-state index is 5.39. The van der Waals surface area contributed by atoms with Crippen molar-refractivity contribution in [1.82, 2.24) is 5.32 Å². The van der Waals surface area contributed by atoms with Gasteiger partial charge in [0, 0.05) is 19.8 Å². The SMILES string of the molecule is COCCCNC(C)CCc1ccc2c(c1)OCO2. The molecule has 19 heavy (non-hydrogen) atoms. The minimum absolute atomic E-state index is 0.343. The lowest BCUT2D eigenvalue weighted by Crippen LogP contribution is -2.28. The fraction of sp³-hybridized carbons (Fsp3) is 0.600. The predicted molar refractivity (Wildman–Crippen MR) is 74.8 cm³/mol. The Balaban J connectivity index is 1.70. The molecule has 0 saturated heterocycles. The van der Waals surface area contributed by atoms with E-state index in [0.717, 1.165) is 43.9 Å². The Hall–Kier alpha value is -1.26. The molecule has 1 N–H and O–H groups in total. The third kappa shape index (κ3) is 4.40. The summed E-state index contributed by atoms with van der Waals surface area (Å²) in [5.41, 5.74) is 1.30. The number of rotatable bonds is 8. The fourth-order valence-corrected chi connectivity index (χ4v) is 2.15. The predicted octanol–water partition coefficient (Wildman–Crippen LogP) is 2.36. The molecule has 0 radical (unpaired) electrons. The molecule has 106 valence electrons. The summed E-state index contributed by atoms with van der Waals surface area (Å²) in [4.78, 5) is 0. The van der Waals surface area contributed by atoms with Crippen LogP contribution in [0.4, 0.5) is 0 Å². The van der Waals surface area contributed by atoms with Gasteiger partial charge in [-0.15, -0.1) is 0 Å². The van der Waals surface area contributed by atoms with E-state index in [1.807, 2.05) is 6.07 Å². The van der Waals surface area contributed by atoms with Gasteiger partial charge < -0.3 is 19.5 Å². The van der Waals surface area contributed by atoms with Crippen LogP contribution < -0.4 is 14.8 Å². The lowest BCUT2D eigenvalue weighted by molar-refractivity contribution is 0.174. The molecule has 4 nitrogen and oxygen atoms in total. The quantitative estimate of drug-likeness (QED) is 0.733. The van der Waals surface area contributed by atoms with Gasteiger partial charge in [-0.05, 0) is 50.4 Å². The van der Waals surface area contributed by atoms with Crippen molar-refractivity contribution in [3.63, 3.8) is 0 Å².